The monoisotopic (exact) mass is 282 g/mol. The molecular weight excluding hydrogens is 258 g/mol. The molecule has 20 heavy (non-hydrogen) atoms. The Labute approximate surface area is 120 Å². The number of halogens is 2. The van der Waals surface area contributed by atoms with E-state index in [4.69, 9.17) is 0 Å². The summed E-state index contributed by atoms with van der Waals surface area (Å²) in [5.41, 5.74) is 1.26. The second kappa shape index (κ2) is 7.61. The number of unbranched alkanes of at least 4 members (excludes halogenated alkanes) is 1. The fourth-order valence-corrected chi connectivity index (χ4v) is 3.20. The van der Waals surface area contributed by atoms with Crippen LogP contribution in [0.15, 0.2) is 24.3 Å². The molecule has 0 atom stereocenters. The number of hydrogen-bond donors (Lipinski definition) is 0. The van der Waals surface area contributed by atoms with Gasteiger partial charge in [0, 0.05) is 0 Å². The van der Waals surface area contributed by atoms with E-state index in [1.165, 1.54) is 50.5 Å². The minimum atomic E-state index is -2.74. The van der Waals surface area contributed by atoms with E-state index in [0.29, 0.717) is 5.92 Å². The van der Waals surface area contributed by atoms with Crippen LogP contribution in [0.3, 0.4) is 0 Å². The Bertz CT molecular complexity index is 380. The molecular formula is C17H24F2O. The molecule has 1 aromatic carbocycles. The van der Waals surface area contributed by atoms with Crippen LogP contribution in [0.1, 0.15) is 63.4 Å². The second-order valence-electron chi connectivity index (χ2n) is 5.81. The first-order chi connectivity index (χ1) is 9.69. The molecule has 0 amide bonds. The van der Waals surface area contributed by atoms with Gasteiger partial charge in [0.05, 0.1) is 0 Å². The van der Waals surface area contributed by atoms with Gasteiger partial charge in [0.25, 0.3) is 0 Å². The van der Waals surface area contributed by atoms with Crippen LogP contribution in [-0.4, -0.2) is 6.61 Å². The third kappa shape index (κ3) is 4.46. The molecule has 0 radical (unpaired) electrons. The van der Waals surface area contributed by atoms with Crippen LogP contribution >= 0.6 is 0 Å². The Morgan fingerprint density at radius 2 is 1.75 bits per heavy atom. The van der Waals surface area contributed by atoms with E-state index in [1.807, 2.05) is 12.1 Å². The lowest BCUT2D eigenvalue weighted by molar-refractivity contribution is -0.0498. The largest absolute Gasteiger partial charge is 0.435 e. The number of ether oxygens (including phenoxy) is 1. The number of alkyl halides is 2. The van der Waals surface area contributed by atoms with Gasteiger partial charge >= 0.3 is 6.61 Å². The van der Waals surface area contributed by atoms with Gasteiger partial charge in [0.2, 0.25) is 0 Å². The highest BCUT2D eigenvalue weighted by molar-refractivity contribution is 5.29. The lowest BCUT2D eigenvalue weighted by Gasteiger charge is -2.28. The third-order valence-electron chi connectivity index (χ3n) is 4.39. The fourth-order valence-electron chi connectivity index (χ4n) is 3.20. The van der Waals surface area contributed by atoms with Crippen LogP contribution in [0.5, 0.6) is 5.75 Å². The van der Waals surface area contributed by atoms with E-state index >= 15 is 0 Å². The van der Waals surface area contributed by atoms with Gasteiger partial charge in [-0.25, -0.2) is 0 Å². The molecule has 112 valence electrons. The average molecular weight is 282 g/mol. The zero-order valence-electron chi connectivity index (χ0n) is 12.2. The van der Waals surface area contributed by atoms with Crippen molar-refractivity contribution in [3.8, 4) is 5.75 Å². The molecule has 3 heteroatoms. The molecule has 0 aliphatic heterocycles. The summed E-state index contributed by atoms with van der Waals surface area (Å²) in [7, 11) is 0. The molecule has 2 rings (SSSR count). The molecule has 1 fully saturated rings. The van der Waals surface area contributed by atoms with Crippen LogP contribution in [0.2, 0.25) is 0 Å². The molecule has 1 aliphatic rings. The predicted molar refractivity (Wildman–Crippen MR) is 77.3 cm³/mol. The van der Waals surface area contributed by atoms with Gasteiger partial charge < -0.3 is 4.74 Å². The molecule has 0 saturated heterocycles. The zero-order valence-corrected chi connectivity index (χ0v) is 12.2. The maximum absolute atomic E-state index is 12.1. The van der Waals surface area contributed by atoms with E-state index in [0.717, 1.165) is 5.92 Å². The lowest BCUT2D eigenvalue weighted by Crippen LogP contribution is -2.13. The highest BCUT2D eigenvalue weighted by atomic mass is 19.3. The average Bonchev–Trinajstić information content (AvgIpc) is 2.46. The molecule has 0 spiro atoms. The molecule has 1 aliphatic carbocycles. The molecule has 1 aromatic rings. The first-order valence-corrected chi connectivity index (χ1v) is 7.73. The molecule has 0 bridgehead atoms. The highest BCUT2D eigenvalue weighted by Gasteiger charge is 2.22. The highest BCUT2D eigenvalue weighted by Crippen LogP contribution is 2.38. The zero-order chi connectivity index (χ0) is 14.4. The van der Waals surface area contributed by atoms with Crippen molar-refractivity contribution >= 4 is 0 Å². The molecule has 0 heterocycles. The topological polar surface area (TPSA) is 9.23 Å². The number of hydrogen-bond acceptors (Lipinski definition) is 1. The van der Waals surface area contributed by atoms with Crippen molar-refractivity contribution in [3.63, 3.8) is 0 Å². The summed E-state index contributed by atoms with van der Waals surface area (Å²) in [5, 5.41) is 0. The smallest absolute Gasteiger partial charge is 0.387 e. The van der Waals surface area contributed by atoms with Crippen molar-refractivity contribution in [2.45, 2.75) is 64.4 Å². The van der Waals surface area contributed by atoms with Crippen LogP contribution < -0.4 is 4.74 Å². The maximum atomic E-state index is 12.1. The van der Waals surface area contributed by atoms with Crippen molar-refractivity contribution in [2.75, 3.05) is 0 Å². The summed E-state index contributed by atoms with van der Waals surface area (Å²) in [4.78, 5) is 0. The Balaban J connectivity index is 1.84. The summed E-state index contributed by atoms with van der Waals surface area (Å²) in [5.74, 6) is 1.74. The number of rotatable bonds is 6. The predicted octanol–water partition coefficient (Wildman–Crippen LogP) is 5.75. The Hall–Kier alpha value is -1.12. The van der Waals surface area contributed by atoms with Gasteiger partial charge in [-0.05, 0) is 55.2 Å². The van der Waals surface area contributed by atoms with Crippen molar-refractivity contribution in [1.29, 1.82) is 0 Å². The SMILES string of the molecule is CCCC[C@H]1CC[C@H](c2ccc(OC(F)F)cc2)CC1. The standard InChI is InChI=1S/C17H24F2O/c1-2-3-4-13-5-7-14(8-6-13)15-9-11-16(12-10-15)20-17(18)19/h9-14,17H,2-8H2,1H3/t13-,14-. The van der Waals surface area contributed by atoms with Gasteiger partial charge in [-0.1, -0.05) is 38.3 Å². The van der Waals surface area contributed by atoms with Crippen LogP contribution in [-0.2, 0) is 0 Å². The van der Waals surface area contributed by atoms with Gasteiger partial charge in [-0.15, -0.1) is 0 Å². The lowest BCUT2D eigenvalue weighted by atomic mass is 9.77. The van der Waals surface area contributed by atoms with E-state index in [1.54, 1.807) is 12.1 Å². The minimum Gasteiger partial charge on any atom is -0.435 e. The Kier molecular flexibility index (Phi) is 5.81. The summed E-state index contributed by atoms with van der Waals surface area (Å²) in [6.45, 7) is -0.496. The van der Waals surface area contributed by atoms with Crippen LogP contribution in [0, 0.1) is 5.92 Å². The van der Waals surface area contributed by atoms with E-state index in [9.17, 15) is 8.78 Å². The first-order valence-electron chi connectivity index (χ1n) is 7.73. The summed E-state index contributed by atoms with van der Waals surface area (Å²) in [6, 6.07) is 7.19. The molecule has 0 unspecified atom stereocenters. The van der Waals surface area contributed by atoms with E-state index in [2.05, 4.69) is 11.7 Å². The summed E-state index contributed by atoms with van der Waals surface area (Å²) in [6.07, 6.45) is 9.05. The maximum Gasteiger partial charge on any atom is 0.387 e. The molecule has 0 N–H and O–H groups in total. The normalized spacial score (nSPS) is 23.0. The fraction of sp³-hybridized carbons (Fsp3) is 0.647. The van der Waals surface area contributed by atoms with Gasteiger partial charge in [0.15, 0.2) is 0 Å². The quantitative estimate of drug-likeness (QED) is 0.645. The van der Waals surface area contributed by atoms with Crippen molar-refractivity contribution in [1.82, 2.24) is 0 Å². The number of benzene rings is 1. The molecule has 1 saturated carbocycles. The minimum absolute atomic E-state index is 0.250. The van der Waals surface area contributed by atoms with Gasteiger partial charge in [-0.2, -0.15) is 8.78 Å². The summed E-state index contributed by atoms with van der Waals surface area (Å²) < 4.78 is 28.6. The van der Waals surface area contributed by atoms with Crippen LogP contribution in [0.4, 0.5) is 8.78 Å². The van der Waals surface area contributed by atoms with Crippen molar-refractivity contribution in [2.24, 2.45) is 5.92 Å². The van der Waals surface area contributed by atoms with Crippen molar-refractivity contribution < 1.29 is 13.5 Å². The van der Waals surface area contributed by atoms with Gasteiger partial charge in [-0.3, -0.25) is 0 Å². The third-order valence-corrected chi connectivity index (χ3v) is 4.39. The van der Waals surface area contributed by atoms with Gasteiger partial charge in [0.1, 0.15) is 5.75 Å². The molecule has 0 aromatic heterocycles. The Morgan fingerprint density at radius 3 is 2.30 bits per heavy atom. The summed E-state index contributed by atoms with van der Waals surface area (Å²) >= 11 is 0. The molecule has 1 nitrogen and oxygen atoms in total. The Morgan fingerprint density at radius 1 is 1.10 bits per heavy atom. The van der Waals surface area contributed by atoms with Crippen LogP contribution in [0.25, 0.3) is 0 Å². The van der Waals surface area contributed by atoms with E-state index in [-0.39, 0.29) is 5.75 Å². The van der Waals surface area contributed by atoms with E-state index < -0.39 is 6.61 Å². The second-order valence-corrected chi connectivity index (χ2v) is 5.81. The first kappa shape index (κ1) is 15.3. The van der Waals surface area contributed by atoms with Crippen molar-refractivity contribution in [3.05, 3.63) is 29.8 Å².